The van der Waals surface area contributed by atoms with Crippen LogP contribution in [0.2, 0.25) is 5.02 Å². The van der Waals surface area contributed by atoms with Gasteiger partial charge in [0, 0.05) is 76.8 Å². The Morgan fingerprint density at radius 1 is 0.836 bits per heavy atom. The summed E-state index contributed by atoms with van der Waals surface area (Å²) in [4.78, 5) is 28.7. The van der Waals surface area contributed by atoms with Crippen molar-refractivity contribution < 1.29 is 24.2 Å². The van der Waals surface area contributed by atoms with Crippen molar-refractivity contribution in [1.82, 2.24) is 19.4 Å². The molecule has 0 saturated carbocycles. The number of carboxylic acids is 1. The number of nitrogens with one attached hydrogen (secondary N) is 1. The third-order valence-electron chi connectivity index (χ3n) is 11.7. The van der Waals surface area contributed by atoms with E-state index in [-0.39, 0.29) is 5.91 Å². The lowest BCUT2D eigenvalue weighted by Gasteiger charge is -2.27. The molecule has 2 N–H and O–H groups in total. The van der Waals surface area contributed by atoms with E-state index in [2.05, 4.69) is 104 Å². The number of para-hydroxylation sites is 2. The maximum absolute atomic E-state index is 13.4. The lowest BCUT2D eigenvalue weighted by atomic mass is 9.96. The van der Waals surface area contributed by atoms with E-state index in [9.17, 15) is 14.7 Å². The maximum Gasteiger partial charge on any atom is 0.352 e. The van der Waals surface area contributed by atoms with Gasteiger partial charge < -0.3 is 29.0 Å². The number of benzene rings is 5. The second-order valence-corrected chi connectivity index (χ2v) is 16.9. The van der Waals surface area contributed by atoms with Crippen LogP contribution in [0.15, 0.2) is 114 Å². The van der Waals surface area contributed by atoms with Gasteiger partial charge in [-0.2, -0.15) is 0 Å². The topological polar surface area (TPSA) is 98.0 Å². The number of amides is 1. The summed E-state index contributed by atoms with van der Waals surface area (Å²) in [7, 11) is 0. The van der Waals surface area contributed by atoms with E-state index in [0.717, 1.165) is 89.1 Å². The molecule has 8 rings (SSSR count). The fraction of sp³-hybridized carbons (Fsp3) is 0.280. The van der Waals surface area contributed by atoms with Crippen LogP contribution in [0.25, 0.3) is 32.9 Å². The molecule has 1 amide bonds. The zero-order valence-corrected chi connectivity index (χ0v) is 36.9. The van der Waals surface area contributed by atoms with Crippen LogP contribution in [0.4, 0.5) is 0 Å². The van der Waals surface area contributed by atoms with Gasteiger partial charge in [-0.15, -0.1) is 0 Å². The molecule has 0 bridgehead atoms. The normalized spacial score (nSPS) is 13.2. The monoisotopic (exact) mass is 900 g/mol. The van der Waals surface area contributed by atoms with Gasteiger partial charge in [0.2, 0.25) is 0 Å². The molecule has 0 atom stereocenters. The molecule has 1 saturated heterocycles. The Morgan fingerprint density at radius 3 is 2.33 bits per heavy atom. The number of morpholine rings is 1. The first-order chi connectivity index (χ1) is 29.7. The summed E-state index contributed by atoms with van der Waals surface area (Å²) in [5, 5.41) is 16.9. The molecule has 0 unspecified atom stereocenters. The predicted molar refractivity (Wildman–Crippen MR) is 248 cm³/mol. The van der Waals surface area contributed by atoms with Crippen molar-refractivity contribution >= 4 is 61.2 Å². The van der Waals surface area contributed by atoms with Gasteiger partial charge in [-0.1, -0.05) is 84.4 Å². The number of ether oxygens (including phenoxy) is 2. The Morgan fingerprint density at radius 2 is 1.54 bits per heavy atom. The molecule has 7 aromatic rings. The van der Waals surface area contributed by atoms with Crippen LogP contribution in [-0.2, 0) is 30.7 Å². The number of aromatic nitrogens is 2. The summed E-state index contributed by atoms with van der Waals surface area (Å²) < 4.78 is 16.9. The van der Waals surface area contributed by atoms with E-state index < -0.39 is 5.97 Å². The van der Waals surface area contributed by atoms with Crippen LogP contribution >= 0.6 is 27.5 Å². The Labute approximate surface area is 370 Å². The number of hydrogen-bond acceptors (Lipinski definition) is 5. The van der Waals surface area contributed by atoms with Crippen molar-refractivity contribution in [3.63, 3.8) is 0 Å². The van der Waals surface area contributed by atoms with Crippen molar-refractivity contribution in [2.45, 2.75) is 46.2 Å². The number of carbonyl (C=O) groups excluding carboxylic acids is 1. The van der Waals surface area contributed by atoms with Gasteiger partial charge >= 0.3 is 5.97 Å². The number of fused-ring (bicyclic) bond motifs is 2. The third kappa shape index (κ3) is 9.28. The van der Waals surface area contributed by atoms with E-state index in [4.69, 9.17) is 21.1 Å². The average molecular weight is 902 g/mol. The summed E-state index contributed by atoms with van der Waals surface area (Å²) >= 11 is 9.91. The molecule has 61 heavy (non-hydrogen) atoms. The molecule has 3 heterocycles. The fourth-order valence-corrected chi connectivity index (χ4v) is 9.30. The molecule has 1 aliphatic rings. The Bertz CT molecular complexity index is 2690. The number of carboxylic acid groups (broad SMARTS) is 1. The van der Waals surface area contributed by atoms with Crippen LogP contribution < -0.4 is 10.1 Å². The molecule has 5 aromatic carbocycles. The summed E-state index contributed by atoms with van der Waals surface area (Å²) in [5.74, 6) is -0.286. The van der Waals surface area contributed by atoms with Gasteiger partial charge in [0.15, 0.2) is 0 Å². The van der Waals surface area contributed by atoms with E-state index in [1.165, 1.54) is 0 Å². The van der Waals surface area contributed by atoms with Gasteiger partial charge in [-0.25, -0.2) is 4.79 Å². The number of nitrogens with zero attached hydrogens (tertiary/aromatic N) is 3. The number of aryl methyl sites for hydroxylation is 3. The van der Waals surface area contributed by atoms with E-state index in [1.807, 2.05) is 54.8 Å². The fourth-order valence-electron chi connectivity index (χ4n) is 8.72. The number of hydrogen-bond donors (Lipinski definition) is 2. The molecule has 1 aliphatic heterocycles. The highest BCUT2D eigenvalue weighted by molar-refractivity contribution is 9.10. The van der Waals surface area contributed by atoms with Crippen molar-refractivity contribution in [3.8, 4) is 16.9 Å². The first kappa shape index (κ1) is 42.3. The SMILES string of the molecule is Cc1cc(OCCCc2c(C(=O)O)n(CCN3CCOCC3)c3c(-c4ccccc4Cn4cc(CCNC(=O)c5ccccc5Br)c5ccccc54)cccc23)cc(C)c1Cl. The molecule has 0 aliphatic carbocycles. The maximum atomic E-state index is 13.4. The molecule has 1 fully saturated rings. The summed E-state index contributed by atoms with van der Waals surface area (Å²) in [6.07, 6.45) is 4.06. The standard InChI is InChI=1S/C50H50BrClN4O5/c1-33-29-37(30-34(2)46(33)52)61-26-10-17-42-41-16-9-15-40(47(41)56(48(42)50(58)59)23-22-54-24-27-60-28-25-54)38-12-4-3-11-35(38)31-55-32-36(39-13-6-8-19-45(39)55)20-21-53-49(57)43-14-5-7-18-44(43)51/h3-9,11-16,18-19,29-30,32H,10,17,20-28,31H2,1-2H3,(H,53,57)(H,58,59). The van der Waals surface area contributed by atoms with E-state index in [1.54, 1.807) is 0 Å². The number of halogens is 2. The summed E-state index contributed by atoms with van der Waals surface area (Å²) in [6.45, 7) is 9.68. The van der Waals surface area contributed by atoms with Gasteiger partial charge in [0.25, 0.3) is 5.91 Å². The Hall–Kier alpha value is -5.39. The second kappa shape index (κ2) is 19.1. The van der Waals surface area contributed by atoms with Crippen molar-refractivity contribution in [1.29, 1.82) is 0 Å². The zero-order chi connectivity index (χ0) is 42.5. The minimum absolute atomic E-state index is 0.111. The van der Waals surface area contributed by atoms with Gasteiger partial charge in [0.1, 0.15) is 11.4 Å². The van der Waals surface area contributed by atoms with Crippen molar-refractivity contribution in [3.05, 3.63) is 158 Å². The molecule has 11 heteroatoms. The number of rotatable bonds is 16. The minimum atomic E-state index is -0.934. The van der Waals surface area contributed by atoms with Crippen LogP contribution in [0.1, 0.15) is 55.1 Å². The van der Waals surface area contributed by atoms with Crippen LogP contribution in [0, 0.1) is 13.8 Å². The van der Waals surface area contributed by atoms with Crippen molar-refractivity contribution in [2.75, 3.05) is 46.0 Å². The van der Waals surface area contributed by atoms with Crippen molar-refractivity contribution in [2.24, 2.45) is 0 Å². The van der Waals surface area contributed by atoms with Crippen LogP contribution in [0.5, 0.6) is 5.75 Å². The summed E-state index contributed by atoms with van der Waals surface area (Å²) in [6, 6.07) is 34.4. The summed E-state index contributed by atoms with van der Waals surface area (Å²) in [5.41, 5.74) is 10.1. The highest BCUT2D eigenvalue weighted by Crippen LogP contribution is 2.38. The quantitative estimate of drug-likeness (QED) is 0.0938. The van der Waals surface area contributed by atoms with Gasteiger partial charge in [-0.3, -0.25) is 9.69 Å². The molecule has 9 nitrogen and oxygen atoms in total. The van der Waals surface area contributed by atoms with Gasteiger partial charge in [0.05, 0.1) is 30.9 Å². The molecule has 314 valence electrons. The molecule has 2 aromatic heterocycles. The van der Waals surface area contributed by atoms with E-state index in [0.29, 0.717) is 76.5 Å². The first-order valence-corrected chi connectivity index (χ1v) is 22.1. The number of carbonyl (C=O) groups is 2. The van der Waals surface area contributed by atoms with Gasteiger partial charge in [-0.05, 0) is 113 Å². The first-order valence-electron chi connectivity index (χ1n) is 20.9. The largest absolute Gasteiger partial charge is 0.494 e. The predicted octanol–water partition coefficient (Wildman–Crippen LogP) is 10.4. The molecule has 0 spiro atoms. The Kier molecular flexibility index (Phi) is 13.3. The van der Waals surface area contributed by atoms with Crippen LogP contribution in [0.3, 0.4) is 0 Å². The smallest absolute Gasteiger partial charge is 0.352 e. The van der Waals surface area contributed by atoms with Crippen LogP contribution in [-0.4, -0.2) is 77.0 Å². The average Bonchev–Trinajstić information content (AvgIpc) is 3.78. The highest BCUT2D eigenvalue weighted by atomic mass is 79.9. The highest BCUT2D eigenvalue weighted by Gasteiger charge is 2.26. The zero-order valence-electron chi connectivity index (χ0n) is 34.6. The lowest BCUT2D eigenvalue weighted by Crippen LogP contribution is -2.38. The second-order valence-electron chi connectivity index (χ2n) is 15.7. The molecular formula is C50H50BrClN4O5. The third-order valence-corrected chi connectivity index (χ3v) is 13.0. The molecular weight excluding hydrogens is 852 g/mol. The minimum Gasteiger partial charge on any atom is -0.494 e. The number of aromatic carboxylic acids is 1. The Balaban J connectivity index is 1.12. The molecule has 0 radical (unpaired) electrons. The lowest BCUT2D eigenvalue weighted by molar-refractivity contribution is 0.0362. The van der Waals surface area contributed by atoms with E-state index >= 15 is 0 Å².